The van der Waals surface area contributed by atoms with Crippen molar-refractivity contribution >= 4 is 23.6 Å². The van der Waals surface area contributed by atoms with Crippen molar-refractivity contribution in [3.05, 3.63) is 29.8 Å². The average Bonchev–Trinajstić information content (AvgIpc) is 2.37. The summed E-state index contributed by atoms with van der Waals surface area (Å²) in [7, 11) is 0. The first-order chi connectivity index (χ1) is 10.3. The number of hydrogen-bond acceptors (Lipinski definition) is 3. The Hall–Kier alpha value is -2.57. The van der Waals surface area contributed by atoms with Gasteiger partial charge in [-0.2, -0.15) is 0 Å². The molecular formula is C15H21N3O4. The van der Waals surface area contributed by atoms with Crippen molar-refractivity contribution in [2.75, 3.05) is 5.32 Å². The second-order valence-electron chi connectivity index (χ2n) is 5.30. The van der Waals surface area contributed by atoms with Crippen LogP contribution in [0.15, 0.2) is 24.3 Å². The molecule has 1 aromatic carbocycles. The number of anilines is 1. The molecule has 4 N–H and O–H groups in total. The fourth-order valence-corrected chi connectivity index (χ4v) is 1.75. The Labute approximate surface area is 129 Å². The van der Waals surface area contributed by atoms with E-state index >= 15 is 0 Å². The van der Waals surface area contributed by atoms with Gasteiger partial charge in [0, 0.05) is 23.3 Å². The summed E-state index contributed by atoms with van der Waals surface area (Å²) in [5.41, 5.74) is 0.959. The highest BCUT2D eigenvalue weighted by Crippen LogP contribution is 2.10. The van der Waals surface area contributed by atoms with Crippen molar-refractivity contribution in [3.63, 3.8) is 0 Å². The van der Waals surface area contributed by atoms with E-state index in [2.05, 4.69) is 16.0 Å². The van der Waals surface area contributed by atoms with Gasteiger partial charge in [0.05, 0.1) is 6.42 Å². The van der Waals surface area contributed by atoms with Crippen molar-refractivity contribution in [1.82, 2.24) is 10.6 Å². The van der Waals surface area contributed by atoms with E-state index in [1.807, 2.05) is 13.8 Å². The lowest BCUT2D eigenvalue weighted by atomic mass is 10.1. The van der Waals surface area contributed by atoms with Crippen LogP contribution in [-0.4, -0.2) is 35.1 Å². The van der Waals surface area contributed by atoms with Crippen LogP contribution in [0.4, 0.5) is 10.5 Å². The van der Waals surface area contributed by atoms with Gasteiger partial charge in [-0.3, -0.25) is 9.59 Å². The highest BCUT2D eigenvalue weighted by Gasteiger charge is 2.12. The van der Waals surface area contributed by atoms with Crippen LogP contribution in [0.3, 0.4) is 0 Å². The third-order valence-corrected chi connectivity index (χ3v) is 2.68. The monoisotopic (exact) mass is 307 g/mol. The molecule has 0 saturated heterocycles. The Bertz CT molecular complexity index is 540. The Balaban J connectivity index is 2.58. The normalized spacial score (nSPS) is 11.6. The minimum atomic E-state index is -0.969. The van der Waals surface area contributed by atoms with E-state index in [-0.39, 0.29) is 24.4 Å². The number of amides is 3. The molecule has 0 saturated carbocycles. The molecule has 0 aromatic heterocycles. The summed E-state index contributed by atoms with van der Waals surface area (Å²) < 4.78 is 0. The average molecular weight is 307 g/mol. The number of carbonyl (C=O) groups is 3. The maximum atomic E-state index is 11.9. The molecule has 0 aliphatic carbocycles. The Morgan fingerprint density at radius 2 is 1.64 bits per heavy atom. The minimum absolute atomic E-state index is 0.0285. The molecular weight excluding hydrogens is 286 g/mol. The molecule has 22 heavy (non-hydrogen) atoms. The highest BCUT2D eigenvalue weighted by atomic mass is 16.4. The second-order valence-corrected chi connectivity index (χ2v) is 5.30. The number of aliphatic carboxylic acids is 1. The van der Waals surface area contributed by atoms with Crippen LogP contribution in [-0.2, 0) is 4.79 Å². The van der Waals surface area contributed by atoms with Crippen LogP contribution in [0.1, 0.15) is 37.6 Å². The lowest BCUT2D eigenvalue weighted by Gasteiger charge is -2.12. The zero-order valence-electron chi connectivity index (χ0n) is 12.8. The summed E-state index contributed by atoms with van der Waals surface area (Å²) in [5, 5.41) is 16.6. The van der Waals surface area contributed by atoms with E-state index in [1.165, 1.54) is 0 Å². The van der Waals surface area contributed by atoms with Gasteiger partial charge >= 0.3 is 12.0 Å². The molecule has 0 bridgehead atoms. The lowest BCUT2D eigenvalue weighted by molar-refractivity contribution is -0.137. The first-order valence-electron chi connectivity index (χ1n) is 6.98. The molecule has 3 amide bonds. The number of hydrogen-bond donors (Lipinski definition) is 4. The van der Waals surface area contributed by atoms with E-state index in [0.29, 0.717) is 11.3 Å². The zero-order valence-corrected chi connectivity index (χ0v) is 12.8. The van der Waals surface area contributed by atoms with Crippen molar-refractivity contribution in [2.45, 2.75) is 39.3 Å². The number of nitrogens with one attached hydrogen (secondary N) is 3. The molecule has 1 unspecified atom stereocenters. The van der Waals surface area contributed by atoms with E-state index in [9.17, 15) is 14.4 Å². The molecule has 0 radical (unpaired) electrons. The molecule has 120 valence electrons. The predicted octanol–water partition coefficient (Wildman–Crippen LogP) is 1.81. The number of benzene rings is 1. The fraction of sp³-hybridized carbons (Fsp3) is 0.400. The quantitative estimate of drug-likeness (QED) is 0.643. The van der Waals surface area contributed by atoms with Gasteiger partial charge in [0.1, 0.15) is 0 Å². The molecule has 7 heteroatoms. The van der Waals surface area contributed by atoms with Crippen molar-refractivity contribution < 1.29 is 19.5 Å². The molecule has 1 rings (SSSR count). The molecule has 0 spiro atoms. The smallest absolute Gasteiger partial charge is 0.319 e. The summed E-state index contributed by atoms with van der Waals surface area (Å²) in [6, 6.07) is 5.59. The third kappa shape index (κ3) is 6.25. The van der Waals surface area contributed by atoms with Gasteiger partial charge < -0.3 is 21.1 Å². The topological polar surface area (TPSA) is 108 Å². The first kappa shape index (κ1) is 17.5. The SMILES string of the molecule is CC(C)NC(=O)Nc1ccc(C(=O)NC(C)CC(=O)O)cc1. The van der Waals surface area contributed by atoms with Crippen LogP contribution in [0.2, 0.25) is 0 Å². The molecule has 1 atom stereocenters. The minimum Gasteiger partial charge on any atom is -0.481 e. The van der Waals surface area contributed by atoms with Crippen LogP contribution in [0.25, 0.3) is 0 Å². The fourth-order valence-electron chi connectivity index (χ4n) is 1.75. The van der Waals surface area contributed by atoms with Gasteiger partial charge in [0.25, 0.3) is 5.91 Å². The molecule has 0 heterocycles. The van der Waals surface area contributed by atoms with Crippen LogP contribution >= 0.6 is 0 Å². The maximum absolute atomic E-state index is 11.9. The van der Waals surface area contributed by atoms with Gasteiger partial charge in [-0.1, -0.05) is 0 Å². The number of rotatable bonds is 6. The lowest BCUT2D eigenvalue weighted by Crippen LogP contribution is -2.34. The summed E-state index contributed by atoms with van der Waals surface area (Å²) in [6.07, 6.45) is -0.138. The third-order valence-electron chi connectivity index (χ3n) is 2.68. The standard InChI is InChI=1S/C15H21N3O4/c1-9(2)16-15(22)18-12-6-4-11(5-7-12)14(21)17-10(3)8-13(19)20/h4-7,9-10H,8H2,1-3H3,(H,17,21)(H,19,20)(H2,16,18,22). The summed E-state index contributed by atoms with van der Waals surface area (Å²) in [6.45, 7) is 5.33. The zero-order chi connectivity index (χ0) is 16.7. The molecule has 0 fully saturated rings. The van der Waals surface area contributed by atoms with Crippen molar-refractivity contribution in [2.24, 2.45) is 0 Å². The number of carbonyl (C=O) groups excluding carboxylic acids is 2. The van der Waals surface area contributed by atoms with E-state index in [4.69, 9.17) is 5.11 Å². The van der Waals surface area contributed by atoms with Gasteiger partial charge in [-0.25, -0.2) is 4.79 Å². The number of carboxylic acid groups (broad SMARTS) is 1. The summed E-state index contributed by atoms with van der Waals surface area (Å²) in [4.78, 5) is 34.0. The van der Waals surface area contributed by atoms with Crippen molar-refractivity contribution in [3.8, 4) is 0 Å². The van der Waals surface area contributed by atoms with Crippen LogP contribution < -0.4 is 16.0 Å². The first-order valence-corrected chi connectivity index (χ1v) is 6.98. The molecule has 1 aromatic rings. The Kier molecular flexibility index (Phi) is 6.37. The van der Waals surface area contributed by atoms with E-state index < -0.39 is 12.0 Å². The Morgan fingerprint density at radius 3 is 2.14 bits per heavy atom. The van der Waals surface area contributed by atoms with Crippen LogP contribution in [0.5, 0.6) is 0 Å². The molecule has 0 aliphatic rings. The van der Waals surface area contributed by atoms with Crippen LogP contribution in [0, 0.1) is 0 Å². The number of urea groups is 1. The van der Waals surface area contributed by atoms with Gasteiger partial charge in [0.2, 0.25) is 0 Å². The second kappa shape index (κ2) is 8.02. The molecule has 0 aliphatic heterocycles. The van der Waals surface area contributed by atoms with Gasteiger partial charge in [-0.05, 0) is 45.0 Å². The summed E-state index contributed by atoms with van der Waals surface area (Å²) >= 11 is 0. The van der Waals surface area contributed by atoms with Gasteiger partial charge in [-0.15, -0.1) is 0 Å². The highest BCUT2D eigenvalue weighted by molar-refractivity contribution is 5.95. The van der Waals surface area contributed by atoms with Gasteiger partial charge in [0.15, 0.2) is 0 Å². The predicted molar refractivity (Wildman–Crippen MR) is 82.9 cm³/mol. The Morgan fingerprint density at radius 1 is 1.05 bits per heavy atom. The number of carboxylic acids is 1. The summed E-state index contributed by atoms with van der Waals surface area (Å²) in [5.74, 6) is -1.32. The van der Waals surface area contributed by atoms with Crippen molar-refractivity contribution in [1.29, 1.82) is 0 Å². The van der Waals surface area contributed by atoms with E-state index in [1.54, 1.807) is 31.2 Å². The van der Waals surface area contributed by atoms with E-state index in [0.717, 1.165) is 0 Å². The maximum Gasteiger partial charge on any atom is 0.319 e. The largest absolute Gasteiger partial charge is 0.481 e. The molecule has 7 nitrogen and oxygen atoms in total.